The fourth-order valence-corrected chi connectivity index (χ4v) is 1.63. The van der Waals surface area contributed by atoms with Gasteiger partial charge in [-0.3, -0.25) is 0 Å². The zero-order valence-electron chi connectivity index (χ0n) is 9.44. The SMILES string of the molecule is Clc1ccc(NCC=Cc2ccccc2)cc1. The van der Waals surface area contributed by atoms with E-state index in [0.29, 0.717) is 0 Å². The van der Waals surface area contributed by atoms with Crippen molar-refractivity contribution in [2.45, 2.75) is 0 Å². The van der Waals surface area contributed by atoms with Gasteiger partial charge in [-0.2, -0.15) is 0 Å². The Morgan fingerprint density at radius 2 is 1.65 bits per heavy atom. The van der Waals surface area contributed by atoms with E-state index in [4.69, 9.17) is 11.6 Å². The topological polar surface area (TPSA) is 12.0 Å². The molecule has 0 unspecified atom stereocenters. The Morgan fingerprint density at radius 3 is 2.35 bits per heavy atom. The van der Waals surface area contributed by atoms with Crippen molar-refractivity contribution in [3.63, 3.8) is 0 Å². The fraction of sp³-hybridized carbons (Fsp3) is 0.0667. The molecule has 0 fully saturated rings. The van der Waals surface area contributed by atoms with Crippen molar-refractivity contribution in [1.29, 1.82) is 0 Å². The van der Waals surface area contributed by atoms with Gasteiger partial charge in [-0.25, -0.2) is 0 Å². The zero-order valence-corrected chi connectivity index (χ0v) is 10.2. The molecule has 2 aromatic rings. The zero-order chi connectivity index (χ0) is 11.9. The van der Waals surface area contributed by atoms with Crippen molar-refractivity contribution in [2.24, 2.45) is 0 Å². The van der Waals surface area contributed by atoms with Crippen molar-refractivity contribution in [2.75, 3.05) is 11.9 Å². The summed E-state index contributed by atoms with van der Waals surface area (Å²) in [5, 5.41) is 4.06. The van der Waals surface area contributed by atoms with Crippen LogP contribution < -0.4 is 5.32 Å². The molecule has 0 amide bonds. The first kappa shape index (κ1) is 11.7. The van der Waals surface area contributed by atoms with Gasteiger partial charge in [0.25, 0.3) is 0 Å². The van der Waals surface area contributed by atoms with Crippen LogP contribution in [0.15, 0.2) is 60.7 Å². The second-order valence-corrected chi connectivity index (χ2v) is 4.14. The minimum Gasteiger partial charge on any atom is -0.382 e. The van der Waals surface area contributed by atoms with E-state index in [-0.39, 0.29) is 0 Å². The van der Waals surface area contributed by atoms with Crippen LogP contribution in [0.3, 0.4) is 0 Å². The van der Waals surface area contributed by atoms with Crippen LogP contribution in [0.5, 0.6) is 0 Å². The van der Waals surface area contributed by atoms with E-state index in [9.17, 15) is 0 Å². The number of anilines is 1. The van der Waals surface area contributed by atoms with Gasteiger partial charge in [0.05, 0.1) is 0 Å². The minimum atomic E-state index is 0.760. The Hall–Kier alpha value is -1.73. The lowest BCUT2D eigenvalue weighted by Crippen LogP contribution is -1.97. The smallest absolute Gasteiger partial charge is 0.0407 e. The lowest BCUT2D eigenvalue weighted by Gasteiger charge is -2.02. The lowest BCUT2D eigenvalue weighted by molar-refractivity contribution is 1.34. The molecule has 0 radical (unpaired) electrons. The molecule has 17 heavy (non-hydrogen) atoms. The molecule has 0 saturated carbocycles. The molecule has 0 atom stereocenters. The monoisotopic (exact) mass is 243 g/mol. The largest absolute Gasteiger partial charge is 0.382 e. The van der Waals surface area contributed by atoms with Gasteiger partial charge in [0.1, 0.15) is 0 Å². The Bertz CT molecular complexity index is 474. The highest BCUT2D eigenvalue weighted by Crippen LogP contribution is 2.13. The van der Waals surface area contributed by atoms with Crippen LogP contribution in [0.25, 0.3) is 6.08 Å². The molecule has 0 bridgehead atoms. The van der Waals surface area contributed by atoms with Crippen molar-refractivity contribution in [3.8, 4) is 0 Å². The molecule has 0 aliphatic carbocycles. The van der Waals surface area contributed by atoms with E-state index in [1.165, 1.54) is 5.56 Å². The highest BCUT2D eigenvalue weighted by molar-refractivity contribution is 6.30. The quantitative estimate of drug-likeness (QED) is 0.836. The van der Waals surface area contributed by atoms with Crippen LogP contribution in [-0.4, -0.2) is 6.54 Å². The first-order valence-corrected chi connectivity index (χ1v) is 5.93. The highest BCUT2D eigenvalue weighted by atomic mass is 35.5. The Labute approximate surface area is 107 Å². The number of halogens is 1. The average Bonchev–Trinajstić information content (AvgIpc) is 2.38. The van der Waals surface area contributed by atoms with Gasteiger partial charge in [-0.1, -0.05) is 54.1 Å². The first-order valence-electron chi connectivity index (χ1n) is 5.55. The lowest BCUT2D eigenvalue weighted by atomic mass is 10.2. The van der Waals surface area contributed by atoms with Crippen LogP contribution in [-0.2, 0) is 0 Å². The van der Waals surface area contributed by atoms with E-state index in [1.54, 1.807) is 0 Å². The molecule has 0 spiro atoms. The van der Waals surface area contributed by atoms with Crippen LogP contribution in [0.2, 0.25) is 5.02 Å². The molecule has 1 N–H and O–H groups in total. The maximum absolute atomic E-state index is 5.81. The standard InChI is InChI=1S/C15H14ClN/c16-14-8-10-15(11-9-14)17-12-4-7-13-5-2-1-3-6-13/h1-11,17H,12H2. The van der Waals surface area contributed by atoms with Gasteiger partial charge in [-0.15, -0.1) is 0 Å². The van der Waals surface area contributed by atoms with E-state index in [1.807, 2.05) is 42.5 Å². The number of hydrogen-bond donors (Lipinski definition) is 1. The fourth-order valence-electron chi connectivity index (χ4n) is 1.50. The van der Waals surface area contributed by atoms with Crippen LogP contribution in [0.4, 0.5) is 5.69 Å². The normalized spacial score (nSPS) is 10.6. The Balaban J connectivity index is 1.84. The van der Waals surface area contributed by atoms with E-state index < -0.39 is 0 Å². The number of nitrogens with one attached hydrogen (secondary N) is 1. The molecule has 1 nitrogen and oxygen atoms in total. The predicted molar refractivity (Wildman–Crippen MR) is 75.4 cm³/mol. The summed E-state index contributed by atoms with van der Waals surface area (Å²) in [5.74, 6) is 0. The van der Waals surface area contributed by atoms with Gasteiger partial charge < -0.3 is 5.32 Å². The summed E-state index contributed by atoms with van der Waals surface area (Å²) in [7, 11) is 0. The maximum Gasteiger partial charge on any atom is 0.0407 e. The van der Waals surface area contributed by atoms with Gasteiger partial charge in [-0.05, 0) is 29.8 Å². The molecule has 0 aliphatic heterocycles. The summed E-state index contributed by atoms with van der Waals surface area (Å²) >= 11 is 5.81. The van der Waals surface area contributed by atoms with Crippen molar-refractivity contribution in [1.82, 2.24) is 0 Å². The third-order valence-corrected chi connectivity index (χ3v) is 2.63. The van der Waals surface area contributed by atoms with Crippen molar-refractivity contribution < 1.29 is 0 Å². The molecular formula is C15H14ClN. The van der Waals surface area contributed by atoms with E-state index in [2.05, 4.69) is 29.6 Å². The molecule has 0 aliphatic rings. The molecule has 0 saturated heterocycles. The van der Waals surface area contributed by atoms with E-state index >= 15 is 0 Å². The second kappa shape index (κ2) is 6.12. The Morgan fingerprint density at radius 1 is 0.941 bits per heavy atom. The predicted octanol–water partition coefficient (Wildman–Crippen LogP) is 4.47. The summed E-state index contributed by atoms with van der Waals surface area (Å²) in [6.07, 6.45) is 4.20. The summed E-state index contributed by atoms with van der Waals surface area (Å²) in [6.45, 7) is 0.802. The average molecular weight is 244 g/mol. The molecular weight excluding hydrogens is 230 g/mol. The summed E-state index contributed by atoms with van der Waals surface area (Å²) in [5.41, 5.74) is 2.29. The summed E-state index contributed by atoms with van der Waals surface area (Å²) in [6, 6.07) is 18.0. The first-order chi connectivity index (χ1) is 8.34. The van der Waals surface area contributed by atoms with Gasteiger partial charge in [0.15, 0.2) is 0 Å². The summed E-state index contributed by atoms with van der Waals surface area (Å²) < 4.78 is 0. The maximum atomic E-state index is 5.81. The van der Waals surface area contributed by atoms with Crippen LogP contribution >= 0.6 is 11.6 Å². The number of hydrogen-bond acceptors (Lipinski definition) is 1. The molecule has 2 rings (SSSR count). The summed E-state index contributed by atoms with van der Waals surface area (Å²) in [4.78, 5) is 0. The third-order valence-electron chi connectivity index (χ3n) is 2.38. The third kappa shape index (κ3) is 3.97. The van der Waals surface area contributed by atoms with Gasteiger partial charge in [0, 0.05) is 17.3 Å². The van der Waals surface area contributed by atoms with Gasteiger partial charge >= 0.3 is 0 Å². The van der Waals surface area contributed by atoms with Crippen LogP contribution in [0, 0.1) is 0 Å². The van der Waals surface area contributed by atoms with Crippen LogP contribution in [0.1, 0.15) is 5.56 Å². The molecule has 0 aromatic heterocycles. The molecule has 2 aromatic carbocycles. The number of rotatable bonds is 4. The highest BCUT2D eigenvalue weighted by Gasteiger charge is 1.89. The van der Waals surface area contributed by atoms with Crippen molar-refractivity contribution >= 4 is 23.4 Å². The van der Waals surface area contributed by atoms with Gasteiger partial charge in [0.2, 0.25) is 0 Å². The Kier molecular flexibility index (Phi) is 4.23. The van der Waals surface area contributed by atoms with Crippen molar-refractivity contribution in [3.05, 3.63) is 71.3 Å². The number of benzene rings is 2. The second-order valence-electron chi connectivity index (χ2n) is 3.70. The molecule has 2 heteroatoms. The molecule has 86 valence electrons. The molecule has 0 heterocycles. The van der Waals surface area contributed by atoms with E-state index in [0.717, 1.165) is 17.3 Å². The minimum absolute atomic E-state index is 0.760.